The monoisotopic (exact) mass is 261 g/mol. The highest BCUT2D eigenvalue weighted by molar-refractivity contribution is 5.97. The fraction of sp³-hybridized carbons (Fsp3) is 0.429. The summed E-state index contributed by atoms with van der Waals surface area (Å²) in [6, 6.07) is 9.08. The van der Waals surface area contributed by atoms with E-state index >= 15 is 0 Å². The van der Waals surface area contributed by atoms with E-state index in [0.717, 1.165) is 0 Å². The first-order valence-corrected chi connectivity index (χ1v) is 6.52. The molecule has 102 valence electrons. The van der Waals surface area contributed by atoms with Crippen molar-refractivity contribution in [1.82, 2.24) is 9.91 Å². The van der Waals surface area contributed by atoms with Gasteiger partial charge in [0.1, 0.15) is 0 Å². The summed E-state index contributed by atoms with van der Waals surface area (Å²) in [5.74, 6) is 5.70. The maximum absolute atomic E-state index is 12.0. The second kappa shape index (κ2) is 6.45. The Labute approximate surface area is 112 Å². The molecule has 5 heteroatoms. The summed E-state index contributed by atoms with van der Waals surface area (Å²) in [4.78, 5) is 25.6. The highest BCUT2D eigenvalue weighted by atomic mass is 16.2. The van der Waals surface area contributed by atoms with Gasteiger partial charge in [-0.15, -0.1) is 0 Å². The fourth-order valence-corrected chi connectivity index (χ4v) is 2.12. The summed E-state index contributed by atoms with van der Waals surface area (Å²) in [6.07, 6.45) is 0.546. The molecule has 1 heterocycles. The molecule has 1 aromatic rings. The zero-order valence-electron chi connectivity index (χ0n) is 10.9. The van der Waals surface area contributed by atoms with Crippen molar-refractivity contribution in [3.8, 4) is 0 Å². The number of Topliss-reactive ketones (excluding diaryl/α,β-unsaturated/α-hetero) is 1. The van der Waals surface area contributed by atoms with Crippen LogP contribution < -0.4 is 5.84 Å². The number of hydrazine groups is 1. The van der Waals surface area contributed by atoms with Crippen LogP contribution in [0.25, 0.3) is 0 Å². The third-order valence-corrected chi connectivity index (χ3v) is 3.33. The number of carbonyl (C=O) groups is 2. The van der Waals surface area contributed by atoms with Crippen LogP contribution in [0.1, 0.15) is 23.2 Å². The van der Waals surface area contributed by atoms with E-state index in [-0.39, 0.29) is 24.5 Å². The Morgan fingerprint density at radius 1 is 1.00 bits per heavy atom. The predicted octanol–water partition coefficient (Wildman–Crippen LogP) is 0.667. The fourth-order valence-electron chi connectivity index (χ4n) is 2.12. The summed E-state index contributed by atoms with van der Waals surface area (Å²) in [5.41, 5.74) is 0.669. The average Bonchev–Trinajstić information content (AvgIpc) is 2.46. The Kier molecular flexibility index (Phi) is 4.65. The molecule has 0 bridgehead atoms. The van der Waals surface area contributed by atoms with E-state index in [4.69, 9.17) is 5.84 Å². The highest BCUT2D eigenvalue weighted by Crippen LogP contribution is 2.08. The molecule has 5 nitrogen and oxygen atoms in total. The van der Waals surface area contributed by atoms with Crippen molar-refractivity contribution in [2.24, 2.45) is 5.84 Å². The summed E-state index contributed by atoms with van der Waals surface area (Å²) in [5, 5.41) is 1.71. The molecule has 1 saturated heterocycles. The van der Waals surface area contributed by atoms with Crippen molar-refractivity contribution < 1.29 is 9.59 Å². The van der Waals surface area contributed by atoms with Gasteiger partial charge in [-0.2, -0.15) is 0 Å². The van der Waals surface area contributed by atoms with Gasteiger partial charge in [0.15, 0.2) is 5.78 Å². The molecule has 0 spiro atoms. The number of amides is 1. The standard InChI is InChI=1S/C14H19N3O2/c15-17-10-8-16(9-11-17)14(19)7-6-13(18)12-4-2-1-3-5-12/h1-5H,6-11,15H2. The maximum atomic E-state index is 12.0. The van der Waals surface area contributed by atoms with Crippen LogP contribution in [-0.2, 0) is 4.79 Å². The van der Waals surface area contributed by atoms with Gasteiger partial charge in [-0.3, -0.25) is 15.4 Å². The SMILES string of the molecule is NN1CCN(C(=O)CCC(=O)c2ccccc2)CC1. The van der Waals surface area contributed by atoms with Gasteiger partial charge in [0.05, 0.1) is 0 Å². The second-order valence-electron chi connectivity index (χ2n) is 4.71. The molecular weight excluding hydrogens is 242 g/mol. The van der Waals surface area contributed by atoms with Crippen LogP contribution in [-0.4, -0.2) is 47.8 Å². The molecule has 1 aromatic carbocycles. The lowest BCUT2D eigenvalue weighted by Gasteiger charge is -2.32. The summed E-state index contributed by atoms with van der Waals surface area (Å²) in [7, 11) is 0. The minimum absolute atomic E-state index is 0.0198. The largest absolute Gasteiger partial charge is 0.340 e. The van der Waals surface area contributed by atoms with E-state index in [1.807, 2.05) is 18.2 Å². The van der Waals surface area contributed by atoms with Crippen molar-refractivity contribution in [3.05, 3.63) is 35.9 Å². The van der Waals surface area contributed by atoms with E-state index < -0.39 is 0 Å². The van der Waals surface area contributed by atoms with Crippen molar-refractivity contribution in [1.29, 1.82) is 0 Å². The summed E-state index contributed by atoms with van der Waals surface area (Å²) >= 11 is 0. The molecule has 0 unspecified atom stereocenters. The number of hydrogen-bond acceptors (Lipinski definition) is 4. The first-order chi connectivity index (χ1) is 9.16. The van der Waals surface area contributed by atoms with Crippen molar-refractivity contribution in [2.45, 2.75) is 12.8 Å². The zero-order valence-corrected chi connectivity index (χ0v) is 10.9. The van der Waals surface area contributed by atoms with Gasteiger partial charge < -0.3 is 4.90 Å². The molecule has 1 fully saturated rings. The van der Waals surface area contributed by atoms with E-state index in [9.17, 15) is 9.59 Å². The van der Waals surface area contributed by atoms with Gasteiger partial charge in [-0.05, 0) is 0 Å². The first-order valence-electron chi connectivity index (χ1n) is 6.52. The maximum Gasteiger partial charge on any atom is 0.223 e. The molecule has 2 N–H and O–H groups in total. The number of benzene rings is 1. The van der Waals surface area contributed by atoms with Crippen LogP contribution in [0.4, 0.5) is 0 Å². The van der Waals surface area contributed by atoms with E-state index in [1.54, 1.807) is 22.0 Å². The third kappa shape index (κ3) is 3.87. The topological polar surface area (TPSA) is 66.6 Å². The number of nitrogens with two attached hydrogens (primary N) is 1. The molecule has 1 amide bonds. The summed E-state index contributed by atoms with van der Waals surface area (Å²) in [6.45, 7) is 2.68. The number of ketones is 1. The van der Waals surface area contributed by atoms with Gasteiger partial charge in [-0.1, -0.05) is 30.3 Å². The average molecular weight is 261 g/mol. The van der Waals surface area contributed by atoms with Crippen molar-refractivity contribution >= 4 is 11.7 Å². The number of carbonyl (C=O) groups excluding carboxylic acids is 2. The molecule has 0 radical (unpaired) electrons. The Morgan fingerprint density at radius 3 is 2.26 bits per heavy atom. The molecule has 1 aliphatic rings. The smallest absolute Gasteiger partial charge is 0.223 e. The number of hydrogen-bond donors (Lipinski definition) is 1. The highest BCUT2D eigenvalue weighted by Gasteiger charge is 2.19. The van der Waals surface area contributed by atoms with Gasteiger partial charge >= 0.3 is 0 Å². The quantitative estimate of drug-likeness (QED) is 0.639. The van der Waals surface area contributed by atoms with E-state index in [0.29, 0.717) is 31.7 Å². The molecular formula is C14H19N3O2. The lowest BCUT2D eigenvalue weighted by molar-refractivity contribution is -0.132. The lowest BCUT2D eigenvalue weighted by atomic mass is 10.1. The van der Waals surface area contributed by atoms with Gasteiger partial charge in [0.25, 0.3) is 0 Å². The molecule has 1 aliphatic heterocycles. The normalized spacial score (nSPS) is 16.4. The van der Waals surface area contributed by atoms with E-state index in [1.165, 1.54) is 0 Å². The summed E-state index contributed by atoms with van der Waals surface area (Å²) < 4.78 is 0. The predicted molar refractivity (Wildman–Crippen MR) is 72.3 cm³/mol. The Bertz CT molecular complexity index is 439. The first kappa shape index (κ1) is 13.7. The molecule has 19 heavy (non-hydrogen) atoms. The molecule has 0 atom stereocenters. The van der Waals surface area contributed by atoms with Crippen LogP contribution in [0.15, 0.2) is 30.3 Å². The van der Waals surface area contributed by atoms with Crippen LogP contribution in [0, 0.1) is 0 Å². The zero-order chi connectivity index (χ0) is 13.7. The van der Waals surface area contributed by atoms with Crippen LogP contribution >= 0.6 is 0 Å². The minimum Gasteiger partial charge on any atom is -0.340 e. The lowest BCUT2D eigenvalue weighted by Crippen LogP contribution is -2.51. The minimum atomic E-state index is 0.0198. The number of piperazine rings is 1. The Morgan fingerprint density at radius 2 is 1.63 bits per heavy atom. The van der Waals surface area contributed by atoms with E-state index in [2.05, 4.69) is 0 Å². The molecule has 0 saturated carbocycles. The molecule has 2 rings (SSSR count). The van der Waals surface area contributed by atoms with Gasteiger partial charge in [0.2, 0.25) is 5.91 Å². The van der Waals surface area contributed by atoms with Crippen LogP contribution in [0.2, 0.25) is 0 Å². The Balaban J connectivity index is 1.79. The molecule has 0 aliphatic carbocycles. The third-order valence-electron chi connectivity index (χ3n) is 3.33. The van der Waals surface area contributed by atoms with Gasteiger partial charge in [-0.25, -0.2) is 5.01 Å². The van der Waals surface area contributed by atoms with Crippen molar-refractivity contribution in [2.75, 3.05) is 26.2 Å². The second-order valence-corrected chi connectivity index (χ2v) is 4.71. The van der Waals surface area contributed by atoms with Gasteiger partial charge in [0, 0.05) is 44.6 Å². The van der Waals surface area contributed by atoms with Crippen LogP contribution in [0.5, 0.6) is 0 Å². The molecule has 0 aromatic heterocycles. The Hall–Kier alpha value is -1.72. The van der Waals surface area contributed by atoms with Crippen molar-refractivity contribution in [3.63, 3.8) is 0 Å². The van der Waals surface area contributed by atoms with Crippen LogP contribution in [0.3, 0.4) is 0 Å². The number of rotatable bonds is 4. The number of nitrogens with zero attached hydrogens (tertiary/aromatic N) is 2.